The van der Waals surface area contributed by atoms with Crippen LogP contribution in [0.15, 0.2) is 53.4 Å². The van der Waals surface area contributed by atoms with Crippen LogP contribution in [0.4, 0.5) is 4.39 Å². The molecular formula is C17H18FNO5S. The highest BCUT2D eigenvalue weighted by Gasteiger charge is 2.08. The molecule has 2 rings (SSSR count). The lowest BCUT2D eigenvalue weighted by Gasteiger charge is -2.07. The Bertz CT molecular complexity index is 804. The minimum atomic E-state index is -3.72. The summed E-state index contributed by atoms with van der Waals surface area (Å²) in [6.45, 7) is 0.251. The third-order valence-electron chi connectivity index (χ3n) is 3.30. The van der Waals surface area contributed by atoms with E-state index in [0.29, 0.717) is 12.2 Å². The van der Waals surface area contributed by atoms with Crippen LogP contribution in [0, 0.1) is 5.82 Å². The molecule has 134 valence electrons. The number of halogens is 1. The fourth-order valence-electron chi connectivity index (χ4n) is 2.01. The second-order valence-corrected chi connectivity index (χ2v) is 6.77. The van der Waals surface area contributed by atoms with E-state index >= 15 is 0 Å². The molecule has 0 radical (unpaired) electrons. The molecule has 2 N–H and O–H groups in total. The third kappa shape index (κ3) is 6.52. The number of sulfonamides is 1. The molecule has 0 bridgehead atoms. The van der Waals surface area contributed by atoms with E-state index in [1.54, 1.807) is 12.1 Å². The number of ether oxygens (including phenoxy) is 2. The zero-order valence-electron chi connectivity index (χ0n) is 13.4. The van der Waals surface area contributed by atoms with E-state index in [9.17, 15) is 17.6 Å². The van der Waals surface area contributed by atoms with E-state index in [1.807, 2.05) is 0 Å². The van der Waals surface area contributed by atoms with Crippen LogP contribution in [0.2, 0.25) is 0 Å². The normalized spacial score (nSPS) is 11.1. The van der Waals surface area contributed by atoms with E-state index in [2.05, 4.69) is 0 Å². The second-order valence-electron chi connectivity index (χ2n) is 5.21. The summed E-state index contributed by atoms with van der Waals surface area (Å²) < 4.78 is 45.4. The number of primary sulfonamides is 1. The van der Waals surface area contributed by atoms with Crippen molar-refractivity contribution in [2.24, 2.45) is 5.14 Å². The van der Waals surface area contributed by atoms with Gasteiger partial charge in [-0.2, -0.15) is 0 Å². The first kappa shape index (κ1) is 18.9. The highest BCUT2D eigenvalue weighted by Crippen LogP contribution is 2.12. The number of benzene rings is 2. The van der Waals surface area contributed by atoms with E-state index in [0.717, 1.165) is 5.56 Å². The Hall–Kier alpha value is -2.45. The molecule has 25 heavy (non-hydrogen) atoms. The number of carbonyl (C=O) groups excluding carboxylic acids is 1. The molecule has 0 aliphatic rings. The number of hydrogen-bond acceptors (Lipinski definition) is 5. The van der Waals surface area contributed by atoms with Gasteiger partial charge in [-0.15, -0.1) is 0 Å². The quantitative estimate of drug-likeness (QED) is 0.569. The molecule has 2 aromatic carbocycles. The van der Waals surface area contributed by atoms with E-state index < -0.39 is 16.0 Å². The summed E-state index contributed by atoms with van der Waals surface area (Å²) in [6, 6.07) is 11.5. The summed E-state index contributed by atoms with van der Waals surface area (Å²) in [5.74, 6) is -0.249. The van der Waals surface area contributed by atoms with Crippen molar-refractivity contribution in [3.8, 4) is 5.75 Å². The fraction of sp³-hybridized carbons (Fsp3) is 0.235. The van der Waals surface area contributed by atoms with Crippen molar-refractivity contribution < 1.29 is 27.1 Å². The number of nitrogens with two attached hydrogens (primary N) is 1. The monoisotopic (exact) mass is 367 g/mol. The molecule has 6 nitrogen and oxygen atoms in total. The van der Waals surface area contributed by atoms with Crippen LogP contribution >= 0.6 is 0 Å². The van der Waals surface area contributed by atoms with Gasteiger partial charge >= 0.3 is 5.97 Å². The first-order valence-corrected chi connectivity index (χ1v) is 9.05. The van der Waals surface area contributed by atoms with Crippen LogP contribution < -0.4 is 9.88 Å². The molecule has 0 aliphatic heterocycles. The first-order valence-electron chi connectivity index (χ1n) is 7.50. The molecule has 0 atom stereocenters. The third-order valence-corrected chi connectivity index (χ3v) is 4.23. The van der Waals surface area contributed by atoms with Crippen molar-refractivity contribution in [1.29, 1.82) is 0 Å². The van der Waals surface area contributed by atoms with Gasteiger partial charge in [-0.3, -0.25) is 4.79 Å². The maximum atomic E-state index is 12.7. The van der Waals surface area contributed by atoms with E-state index in [-0.39, 0.29) is 30.3 Å². The summed E-state index contributed by atoms with van der Waals surface area (Å²) in [6.07, 6.45) is 0.577. The summed E-state index contributed by atoms with van der Waals surface area (Å²) >= 11 is 0. The van der Waals surface area contributed by atoms with Crippen LogP contribution in [0.3, 0.4) is 0 Å². The van der Waals surface area contributed by atoms with Crippen molar-refractivity contribution in [2.45, 2.75) is 17.7 Å². The molecule has 0 heterocycles. The van der Waals surface area contributed by atoms with Gasteiger partial charge in [0.25, 0.3) is 0 Å². The topological polar surface area (TPSA) is 95.7 Å². The Morgan fingerprint density at radius 3 is 2.24 bits per heavy atom. The Kier molecular flexibility index (Phi) is 6.49. The second kappa shape index (κ2) is 8.59. The summed E-state index contributed by atoms with van der Waals surface area (Å²) in [7, 11) is -3.72. The van der Waals surface area contributed by atoms with Gasteiger partial charge in [0.15, 0.2) is 0 Å². The molecule has 0 aliphatic carbocycles. The Labute approximate surface area is 145 Å². The van der Waals surface area contributed by atoms with Gasteiger partial charge in [0, 0.05) is 6.42 Å². The smallest absolute Gasteiger partial charge is 0.306 e. The Balaban J connectivity index is 1.67. The zero-order chi connectivity index (χ0) is 18.3. The van der Waals surface area contributed by atoms with Gasteiger partial charge in [-0.05, 0) is 48.4 Å². The average molecular weight is 367 g/mol. The first-order chi connectivity index (χ1) is 11.8. The van der Waals surface area contributed by atoms with Crippen LogP contribution in [0.25, 0.3) is 0 Å². The highest BCUT2D eigenvalue weighted by atomic mass is 32.2. The fourth-order valence-corrected chi connectivity index (χ4v) is 2.53. The lowest BCUT2D eigenvalue weighted by atomic mass is 10.1. The number of carbonyl (C=O) groups is 1. The summed E-state index contributed by atoms with van der Waals surface area (Å²) in [4.78, 5) is 11.7. The maximum Gasteiger partial charge on any atom is 0.306 e. The molecule has 0 saturated heterocycles. The lowest BCUT2D eigenvalue weighted by Crippen LogP contribution is -2.13. The van der Waals surface area contributed by atoms with Crippen LogP contribution in [0.1, 0.15) is 12.0 Å². The predicted octanol–water partition coefficient (Wildman–Crippen LogP) is 2.03. The number of hydrogen-bond donors (Lipinski definition) is 1. The predicted molar refractivity (Wildman–Crippen MR) is 89.0 cm³/mol. The van der Waals surface area contributed by atoms with Crippen molar-refractivity contribution in [3.05, 3.63) is 59.9 Å². The van der Waals surface area contributed by atoms with Crippen LogP contribution in [0.5, 0.6) is 5.75 Å². The van der Waals surface area contributed by atoms with Gasteiger partial charge in [-0.1, -0.05) is 12.1 Å². The molecule has 2 aromatic rings. The molecule has 8 heteroatoms. The highest BCUT2D eigenvalue weighted by molar-refractivity contribution is 7.89. The van der Waals surface area contributed by atoms with Crippen molar-refractivity contribution in [1.82, 2.24) is 0 Å². The maximum absolute atomic E-state index is 12.7. The van der Waals surface area contributed by atoms with Gasteiger partial charge in [-0.25, -0.2) is 17.9 Å². The van der Waals surface area contributed by atoms with Gasteiger partial charge < -0.3 is 9.47 Å². The molecule has 0 spiro atoms. The SMILES string of the molecule is NS(=O)(=O)c1ccc(CCC(=O)OCCOc2ccc(F)cc2)cc1. The summed E-state index contributed by atoms with van der Waals surface area (Å²) in [5.41, 5.74) is 0.798. The van der Waals surface area contributed by atoms with Gasteiger partial charge in [0.05, 0.1) is 4.90 Å². The average Bonchev–Trinajstić information content (AvgIpc) is 2.58. The van der Waals surface area contributed by atoms with Crippen LogP contribution in [-0.2, 0) is 26.0 Å². The molecular weight excluding hydrogens is 349 g/mol. The molecule has 0 saturated carbocycles. The minimum absolute atomic E-state index is 0.0248. The molecule has 0 unspecified atom stereocenters. The van der Waals surface area contributed by atoms with Crippen molar-refractivity contribution >= 4 is 16.0 Å². The van der Waals surface area contributed by atoms with Crippen molar-refractivity contribution in [3.63, 3.8) is 0 Å². The number of rotatable bonds is 8. The van der Waals surface area contributed by atoms with Crippen molar-refractivity contribution in [2.75, 3.05) is 13.2 Å². The summed E-state index contributed by atoms with van der Waals surface area (Å²) in [5, 5.41) is 5.01. The molecule has 0 amide bonds. The molecule has 0 fully saturated rings. The number of esters is 1. The number of aryl methyl sites for hydroxylation is 1. The van der Waals surface area contributed by atoms with Gasteiger partial charge in [0.1, 0.15) is 24.8 Å². The van der Waals surface area contributed by atoms with Crippen LogP contribution in [-0.4, -0.2) is 27.6 Å². The largest absolute Gasteiger partial charge is 0.490 e. The Morgan fingerprint density at radius 2 is 1.64 bits per heavy atom. The molecule has 0 aromatic heterocycles. The lowest BCUT2D eigenvalue weighted by molar-refractivity contribution is -0.144. The Morgan fingerprint density at radius 1 is 1.00 bits per heavy atom. The van der Waals surface area contributed by atoms with E-state index in [1.165, 1.54) is 36.4 Å². The minimum Gasteiger partial charge on any atom is -0.490 e. The standard InChI is InChI=1S/C17H18FNO5S/c18-14-4-6-15(7-5-14)23-11-12-24-17(20)10-3-13-1-8-16(9-2-13)25(19,21)22/h1-2,4-9H,3,10-12H2,(H2,19,21,22). The van der Waals surface area contributed by atoms with Gasteiger partial charge in [0.2, 0.25) is 10.0 Å². The van der Waals surface area contributed by atoms with E-state index in [4.69, 9.17) is 14.6 Å². The zero-order valence-corrected chi connectivity index (χ0v) is 14.2.